The molecule has 0 radical (unpaired) electrons. The Labute approximate surface area is 104 Å². The van der Waals surface area contributed by atoms with Crippen LogP contribution in [0.15, 0.2) is 12.3 Å². The fraction of sp³-hybridized carbons (Fsp3) is 0.500. The van der Waals surface area contributed by atoms with E-state index in [9.17, 15) is 13.6 Å². The van der Waals surface area contributed by atoms with Gasteiger partial charge in [0.15, 0.2) is 6.61 Å². The SMILES string of the molecule is CCOC(=O)c1cc(C)c(OCC(C)(F)F)cn1. The first kappa shape index (κ1) is 14.3. The molecule has 0 saturated heterocycles. The summed E-state index contributed by atoms with van der Waals surface area (Å²) < 4.78 is 35.0. The van der Waals surface area contributed by atoms with Gasteiger partial charge in [-0.1, -0.05) is 0 Å². The lowest BCUT2D eigenvalue weighted by Crippen LogP contribution is -2.21. The minimum atomic E-state index is -2.91. The van der Waals surface area contributed by atoms with Gasteiger partial charge in [-0.3, -0.25) is 0 Å². The molecule has 18 heavy (non-hydrogen) atoms. The summed E-state index contributed by atoms with van der Waals surface area (Å²) in [6.45, 7) is 3.62. The Morgan fingerprint density at radius 1 is 1.50 bits per heavy atom. The van der Waals surface area contributed by atoms with E-state index >= 15 is 0 Å². The number of hydrogen-bond donors (Lipinski definition) is 0. The fourth-order valence-corrected chi connectivity index (χ4v) is 1.22. The van der Waals surface area contributed by atoms with Crippen LogP contribution in [0.1, 0.15) is 29.9 Å². The molecule has 0 spiro atoms. The highest BCUT2D eigenvalue weighted by molar-refractivity contribution is 5.87. The van der Waals surface area contributed by atoms with E-state index in [-0.39, 0.29) is 18.1 Å². The van der Waals surface area contributed by atoms with E-state index in [4.69, 9.17) is 9.47 Å². The Morgan fingerprint density at radius 2 is 2.17 bits per heavy atom. The summed E-state index contributed by atoms with van der Waals surface area (Å²) >= 11 is 0. The maximum absolute atomic E-state index is 12.6. The molecule has 100 valence electrons. The smallest absolute Gasteiger partial charge is 0.356 e. The average molecular weight is 259 g/mol. The minimum Gasteiger partial charge on any atom is -0.485 e. The number of aryl methyl sites for hydroxylation is 1. The zero-order valence-electron chi connectivity index (χ0n) is 10.5. The number of carbonyl (C=O) groups excluding carboxylic acids is 1. The van der Waals surface area contributed by atoms with Crippen LogP contribution >= 0.6 is 0 Å². The molecule has 1 rings (SSSR count). The molecule has 0 saturated carbocycles. The van der Waals surface area contributed by atoms with Gasteiger partial charge in [0.2, 0.25) is 0 Å². The van der Waals surface area contributed by atoms with Crippen molar-refractivity contribution in [1.82, 2.24) is 4.98 Å². The lowest BCUT2D eigenvalue weighted by Gasteiger charge is -2.13. The lowest BCUT2D eigenvalue weighted by atomic mass is 10.2. The van der Waals surface area contributed by atoms with Gasteiger partial charge in [0, 0.05) is 6.92 Å². The third kappa shape index (κ3) is 4.27. The Balaban J connectivity index is 2.77. The van der Waals surface area contributed by atoms with Crippen molar-refractivity contribution in [3.8, 4) is 5.75 Å². The molecule has 6 heteroatoms. The number of halogens is 2. The largest absolute Gasteiger partial charge is 0.485 e. The summed E-state index contributed by atoms with van der Waals surface area (Å²) in [5.74, 6) is -3.23. The normalized spacial score (nSPS) is 11.2. The van der Waals surface area contributed by atoms with Gasteiger partial charge in [0.25, 0.3) is 5.92 Å². The van der Waals surface area contributed by atoms with Crippen molar-refractivity contribution >= 4 is 5.97 Å². The van der Waals surface area contributed by atoms with Gasteiger partial charge < -0.3 is 9.47 Å². The molecule has 1 aromatic heterocycles. The van der Waals surface area contributed by atoms with Crippen LogP contribution < -0.4 is 4.74 Å². The second-order valence-corrected chi connectivity index (χ2v) is 3.91. The molecule has 0 unspecified atom stereocenters. The number of nitrogens with zero attached hydrogens (tertiary/aromatic N) is 1. The van der Waals surface area contributed by atoms with Crippen molar-refractivity contribution in [2.45, 2.75) is 26.7 Å². The summed E-state index contributed by atoms with van der Waals surface area (Å²) in [7, 11) is 0. The number of pyridine rings is 1. The molecule has 0 aromatic carbocycles. The van der Waals surface area contributed by atoms with E-state index in [1.807, 2.05) is 0 Å². The summed E-state index contributed by atoms with van der Waals surface area (Å²) in [6, 6.07) is 1.45. The Morgan fingerprint density at radius 3 is 2.67 bits per heavy atom. The number of aromatic nitrogens is 1. The highest BCUT2D eigenvalue weighted by Crippen LogP contribution is 2.20. The molecule has 0 fully saturated rings. The molecule has 4 nitrogen and oxygen atoms in total. The molecule has 0 atom stereocenters. The van der Waals surface area contributed by atoms with Crippen molar-refractivity contribution in [3.63, 3.8) is 0 Å². The Kier molecular flexibility index (Phi) is 4.58. The molecule has 0 aliphatic carbocycles. The maximum Gasteiger partial charge on any atom is 0.356 e. The van der Waals surface area contributed by atoms with Gasteiger partial charge in [0.1, 0.15) is 11.4 Å². The Bertz CT molecular complexity index is 430. The highest BCUT2D eigenvalue weighted by atomic mass is 19.3. The number of hydrogen-bond acceptors (Lipinski definition) is 4. The molecule has 1 heterocycles. The fourth-order valence-electron chi connectivity index (χ4n) is 1.22. The number of esters is 1. The van der Waals surface area contributed by atoms with Gasteiger partial charge >= 0.3 is 5.97 Å². The van der Waals surface area contributed by atoms with E-state index < -0.39 is 18.5 Å². The van der Waals surface area contributed by atoms with Crippen LogP contribution in [0.3, 0.4) is 0 Å². The van der Waals surface area contributed by atoms with Crippen molar-refractivity contribution in [2.75, 3.05) is 13.2 Å². The average Bonchev–Trinajstić information content (AvgIpc) is 2.26. The van der Waals surface area contributed by atoms with Crippen LogP contribution in [0.4, 0.5) is 8.78 Å². The van der Waals surface area contributed by atoms with Gasteiger partial charge in [-0.2, -0.15) is 0 Å². The molecule has 0 N–H and O–H groups in total. The highest BCUT2D eigenvalue weighted by Gasteiger charge is 2.22. The minimum absolute atomic E-state index is 0.130. The van der Waals surface area contributed by atoms with Crippen molar-refractivity contribution in [2.24, 2.45) is 0 Å². The number of alkyl halides is 2. The summed E-state index contributed by atoms with van der Waals surface area (Å²) in [5.41, 5.74) is 0.683. The van der Waals surface area contributed by atoms with E-state index in [2.05, 4.69) is 4.98 Å². The second kappa shape index (κ2) is 5.75. The molecule has 0 aliphatic heterocycles. The number of rotatable bonds is 5. The number of ether oxygens (including phenoxy) is 2. The van der Waals surface area contributed by atoms with Crippen LogP contribution in [0.2, 0.25) is 0 Å². The number of carbonyl (C=O) groups is 1. The second-order valence-electron chi connectivity index (χ2n) is 3.91. The molecule has 0 bridgehead atoms. The molecule has 0 aliphatic rings. The summed E-state index contributed by atoms with van der Waals surface area (Å²) in [5, 5.41) is 0. The van der Waals surface area contributed by atoms with Gasteiger partial charge in [-0.05, 0) is 25.5 Å². The van der Waals surface area contributed by atoms with Gasteiger partial charge in [-0.15, -0.1) is 0 Å². The predicted molar refractivity (Wildman–Crippen MR) is 61.0 cm³/mol. The molecular formula is C12H15F2NO3. The van der Waals surface area contributed by atoms with Gasteiger partial charge in [-0.25, -0.2) is 18.6 Å². The zero-order chi connectivity index (χ0) is 13.8. The zero-order valence-corrected chi connectivity index (χ0v) is 10.5. The van der Waals surface area contributed by atoms with Crippen LogP contribution in [0.5, 0.6) is 5.75 Å². The van der Waals surface area contributed by atoms with Crippen LogP contribution in [0, 0.1) is 6.92 Å². The third-order valence-corrected chi connectivity index (χ3v) is 2.03. The standard InChI is InChI=1S/C12H15F2NO3/c1-4-17-11(16)9-5-8(2)10(6-15-9)18-7-12(3,13)14/h5-6H,4,7H2,1-3H3. The van der Waals surface area contributed by atoms with E-state index in [0.29, 0.717) is 5.56 Å². The van der Waals surface area contributed by atoms with Crippen LogP contribution in [-0.2, 0) is 4.74 Å². The first-order chi connectivity index (χ1) is 8.33. The monoisotopic (exact) mass is 259 g/mol. The molecule has 1 aromatic rings. The summed E-state index contributed by atoms with van der Waals surface area (Å²) in [6.07, 6.45) is 1.24. The van der Waals surface area contributed by atoms with Crippen LogP contribution in [0.25, 0.3) is 0 Å². The predicted octanol–water partition coefficient (Wildman–Crippen LogP) is 2.60. The Hall–Kier alpha value is -1.72. The summed E-state index contributed by atoms with van der Waals surface area (Å²) in [4.78, 5) is 15.2. The first-order valence-corrected chi connectivity index (χ1v) is 5.48. The molecular weight excluding hydrogens is 244 g/mol. The lowest BCUT2D eigenvalue weighted by molar-refractivity contribution is -0.0232. The van der Waals surface area contributed by atoms with Crippen molar-refractivity contribution < 1.29 is 23.0 Å². The third-order valence-electron chi connectivity index (χ3n) is 2.03. The van der Waals surface area contributed by atoms with Gasteiger partial charge in [0.05, 0.1) is 12.8 Å². The van der Waals surface area contributed by atoms with E-state index in [1.54, 1.807) is 13.8 Å². The van der Waals surface area contributed by atoms with Crippen molar-refractivity contribution in [1.29, 1.82) is 0 Å². The maximum atomic E-state index is 12.6. The molecule has 0 amide bonds. The van der Waals surface area contributed by atoms with E-state index in [0.717, 1.165) is 6.92 Å². The van der Waals surface area contributed by atoms with E-state index in [1.165, 1.54) is 12.3 Å². The first-order valence-electron chi connectivity index (χ1n) is 5.48. The quantitative estimate of drug-likeness (QED) is 0.763. The van der Waals surface area contributed by atoms with Crippen molar-refractivity contribution in [3.05, 3.63) is 23.5 Å². The topological polar surface area (TPSA) is 48.4 Å². The van der Waals surface area contributed by atoms with Crippen LogP contribution in [-0.4, -0.2) is 30.1 Å².